The quantitative estimate of drug-likeness (QED) is 0.536. The first kappa shape index (κ1) is 18.2. The molecule has 0 aliphatic rings. The minimum Gasteiger partial charge on any atom is -0.381 e. The number of nitrogens with one attached hydrogen (secondary N) is 2. The normalized spacial score (nSPS) is 10.2. The molecule has 0 unspecified atom stereocenters. The highest BCUT2D eigenvalue weighted by Gasteiger charge is 2.16. The average molecular weight is 363 g/mol. The Kier molecular flexibility index (Phi) is 5.56. The fourth-order valence-corrected chi connectivity index (χ4v) is 2.44. The lowest BCUT2D eigenvalue weighted by molar-refractivity contribution is -0.385. The molecule has 2 aromatic rings. The van der Waals surface area contributed by atoms with Crippen molar-refractivity contribution < 1.29 is 14.5 Å². The maximum atomic E-state index is 11.6. The summed E-state index contributed by atoms with van der Waals surface area (Å²) < 4.78 is 0. The van der Waals surface area contributed by atoms with Gasteiger partial charge in [0.15, 0.2) is 0 Å². The third kappa shape index (κ3) is 4.24. The second-order valence-electron chi connectivity index (χ2n) is 5.09. The van der Waals surface area contributed by atoms with E-state index in [1.165, 1.54) is 19.2 Å². The highest BCUT2D eigenvalue weighted by atomic mass is 35.5. The van der Waals surface area contributed by atoms with Gasteiger partial charge < -0.3 is 16.4 Å². The molecule has 0 radical (unpaired) electrons. The summed E-state index contributed by atoms with van der Waals surface area (Å²) in [6, 6.07) is 8.77. The van der Waals surface area contributed by atoms with Crippen molar-refractivity contribution >= 4 is 34.8 Å². The molecule has 0 saturated carbocycles. The van der Waals surface area contributed by atoms with Gasteiger partial charge in [-0.3, -0.25) is 19.7 Å². The summed E-state index contributed by atoms with van der Waals surface area (Å²) in [7, 11) is 1.50. The number of hydrogen-bond donors (Lipinski definition) is 3. The molecule has 2 amide bonds. The van der Waals surface area contributed by atoms with Crippen molar-refractivity contribution in [3.8, 4) is 0 Å². The van der Waals surface area contributed by atoms with E-state index < -0.39 is 10.8 Å². The van der Waals surface area contributed by atoms with Crippen molar-refractivity contribution in [3.05, 3.63) is 68.2 Å². The molecule has 0 aromatic heterocycles. The van der Waals surface area contributed by atoms with Gasteiger partial charge in [0, 0.05) is 36.5 Å². The van der Waals surface area contributed by atoms with Crippen LogP contribution in [0.1, 0.15) is 26.3 Å². The number of benzene rings is 2. The predicted octanol–water partition coefficient (Wildman–Crippen LogP) is 2.32. The third-order valence-electron chi connectivity index (χ3n) is 3.49. The SMILES string of the molecule is CNC(=O)c1ccc(NCc2ccc(C(N)=O)cc2[N+](=O)[O-])cc1Cl. The Morgan fingerprint density at radius 2 is 1.96 bits per heavy atom. The summed E-state index contributed by atoms with van der Waals surface area (Å²) >= 11 is 6.06. The van der Waals surface area contributed by atoms with Crippen LogP contribution in [0.25, 0.3) is 0 Å². The van der Waals surface area contributed by atoms with E-state index in [0.717, 1.165) is 6.07 Å². The summed E-state index contributed by atoms with van der Waals surface area (Å²) in [5.74, 6) is -1.05. The van der Waals surface area contributed by atoms with Gasteiger partial charge in [0.2, 0.25) is 5.91 Å². The summed E-state index contributed by atoms with van der Waals surface area (Å²) in [6.45, 7) is 0.130. The number of rotatable bonds is 6. The second kappa shape index (κ2) is 7.63. The van der Waals surface area contributed by atoms with Crippen LogP contribution < -0.4 is 16.4 Å². The van der Waals surface area contributed by atoms with Crippen molar-refractivity contribution in [2.24, 2.45) is 5.73 Å². The van der Waals surface area contributed by atoms with E-state index in [2.05, 4.69) is 10.6 Å². The van der Waals surface area contributed by atoms with Crippen molar-refractivity contribution in [1.82, 2.24) is 5.32 Å². The Hall–Kier alpha value is -3.13. The van der Waals surface area contributed by atoms with E-state index in [1.54, 1.807) is 18.2 Å². The minimum absolute atomic E-state index is 0.0634. The Bertz CT molecular complexity index is 854. The molecule has 0 heterocycles. The molecule has 25 heavy (non-hydrogen) atoms. The second-order valence-corrected chi connectivity index (χ2v) is 5.50. The van der Waals surface area contributed by atoms with Crippen LogP contribution >= 0.6 is 11.6 Å². The van der Waals surface area contributed by atoms with Gasteiger partial charge in [-0.15, -0.1) is 0 Å². The van der Waals surface area contributed by atoms with E-state index >= 15 is 0 Å². The zero-order chi connectivity index (χ0) is 18.6. The van der Waals surface area contributed by atoms with Gasteiger partial charge in [-0.05, 0) is 30.3 Å². The van der Waals surface area contributed by atoms with Crippen LogP contribution in [0.4, 0.5) is 11.4 Å². The number of nitrogens with zero attached hydrogens (tertiary/aromatic N) is 1. The van der Waals surface area contributed by atoms with Gasteiger partial charge >= 0.3 is 0 Å². The van der Waals surface area contributed by atoms with Gasteiger partial charge in [-0.25, -0.2) is 0 Å². The van der Waals surface area contributed by atoms with E-state index in [9.17, 15) is 19.7 Å². The van der Waals surface area contributed by atoms with Gasteiger partial charge in [0.25, 0.3) is 11.6 Å². The first-order valence-electron chi connectivity index (χ1n) is 7.16. The lowest BCUT2D eigenvalue weighted by Crippen LogP contribution is -2.18. The molecular weight excluding hydrogens is 348 g/mol. The van der Waals surface area contributed by atoms with Gasteiger partial charge in [0.1, 0.15) is 0 Å². The van der Waals surface area contributed by atoms with Crippen LogP contribution in [0.3, 0.4) is 0 Å². The largest absolute Gasteiger partial charge is 0.381 e. The van der Waals surface area contributed by atoms with E-state index in [4.69, 9.17) is 17.3 Å². The maximum Gasteiger partial charge on any atom is 0.275 e. The first-order chi connectivity index (χ1) is 11.8. The lowest BCUT2D eigenvalue weighted by Gasteiger charge is -2.10. The molecule has 2 aromatic carbocycles. The smallest absolute Gasteiger partial charge is 0.275 e. The molecule has 4 N–H and O–H groups in total. The van der Waals surface area contributed by atoms with Crippen LogP contribution in [-0.2, 0) is 6.54 Å². The molecule has 0 aliphatic heterocycles. The molecule has 0 saturated heterocycles. The van der Waals surface area contributed by atoms with E-state index in [0.29, 0.717) is 16.8 Å². The number of amides is 2. The molecular formula is C16H15ClN4O4. The van der Waals surface area contributed by atoms with Crippen molar-refractivity contribution in [2.45, 2.75) is 6.54 Å². The van der Waals surface area contributed by atoms with Crippen molar-refractivity contribution in [3.63, 3.8) is 0 Å². The Labute approximate surface area is 148 Å². The highest BCUT2D eigenvalue weighted by Crippen LogP contribution is 2.24. The third-order valence-corrected chi connectivity index (χ3v) is 3.80. The summed E-state index contributed by atoms with van der Waals surface area (Å²) in [6.07, 6.45) is 0. The van der Waals surface area contributed by atoms with Crippen LogP contribution in [0.5, 0.6) is 0 Å². The number of primary amides is 1. The van der Waals surface area contributed by atoms with Crippen molar-refractivity contribution in [2.75, 3.05) is 12.4 Å². The Morgan fingerprint density at radius 1 is 1.24 bits per heavy atom. The number of nitro groups is 1. The first-order valence-corrected chi connectivity index (χ1v) is 7.54. The standard InChI is InChI=1S/C16H15ClN4O4/c1-19-16(23)12-5-4-11(7-13(12)17)20-8-10-3-2-9(15(18)22)6-14(10)21(24)25/h2-7,20H,8H2,1H3,(H2,18,22)(H,19,23). The van der Waals surface area contributed by atoms with Crippen molar-refractivity contribution in [1.29, 1.82) is 0 Å². The van der Waals surface area contributed by atoms with Crippen LogP contribution in [0, 0.1) is 10.1 Å². The Morgan fingerprint density at radius 3 is 2.52 bits per heavy atom. The van der Waals surface area contributed by atoms with Crippen LogP contribution in [0.15, 0.2) is 36.4 Å². The highest BCUT2D eigenvalue weighted by molar-refractivity contribution is 6.34. The molecule has 0 spiro atoms. The van der Waals surface area contributed by atoms with Gasteiger partial charge in [0.05, 0.1) is 15.5 Å². The Balaban J connectivity index is 2.21. The molecule has 9 heteroatoms. The predicted molar refractivity (Wildman–Crippen MR) is 93.8 cm³/mol. The molecule has 0 aliphatic carbocycles. The fraction of sp³-hybridized carbons (Fsp3) is 0.125. The summed E-state index contributed by atoms with van der Waals surface area (Å²) in [4.78, 5) is 33.4. The maximum absolute atomic E-state index is 11.6. The topological polar surface area (TPSA) is 127 Å². The number of nitro benzene ring substituents is 1. The van der Waals surface area contributed by atoms with E-state index in [1.807, 2.05) is 0 Å². The van der Waals surface area contributed by atoms with Crippen LogP contribution in [-0.4, -0.2) is 23.8 Å². The zero-order valence-corrected chi connectivity index (χ0v) is 14.0. The van der Waals surface area contributed by atoms with Crippen LogP contribution in [0.2, 0.25) is 5.02 Å². The number of hydrogen-bond acceptors (Lipinski definition) is 5. The number of halogens is 1. The summed E-state index contributed by atoms with van der Waals surface area (Å²) in [5.41, 5.74) is 6.28. The number of carbonyl (C=O) groups excluding carboxylic acids is 2. The number of nitrogens with two attached hydrogens (primary N) is 1. The van der Waals surface area contributed by atoms with E-state index in [-0.39, 0.29) is 28.7 Å². The zero-order valence-electron chi connectivity index (χ0n) is 13.2. The average Bonchev–Trinajstić information content (AvgIpc) is 2.59. The van der Waals surface area contributed by atoms with Gasteiger partial charge in [-0.1, -0.05) is 11.6 Å². The lowest BCUT2D eigenvalue weighted by atomic mass is 10.1. The fourth-order valence-electron chi connectivity index (χ4n) is 2.18. The monoisotopic (exact) mass is 362 g/mol. The molecule has 2 rings (SSSR count). The molecule has 8 nitrogen and oxygen atoms in total. The minimum atomic E-state index is -0.737. The summed E-state index contributed by atoms with van der Waals surface area (Å²) in [5, 5.41) is 16.9. The molecule has 0 atom stereocenters. The molecule has 0 bridgehead atoms. The molecule has 130 valence electrons. The number of anilines is 1. The molecule has 0 fully saturated rings. The van der Waals surface area contributed by atoms with Gasteiger partial charge in [-0.2, -0.15) is 0 Å². The number of carbonyl (C=O) groups is 2.